The Labute approximate surface area is 214 Å². The summed E-state index contributed by atoms with van der Waals surface area (Å²) in [6, 6.07) is 29.8. The highest BCUT2D eigenvalue weighted by atomic mass is 16.7. The Morgan fingerprint density at radius 2 is 1.53 bits per heavy atom. The Bertz CT molecular complexity index is 1200. The monoisotopic (exact) mass is 479 g/mol. The molecule has 3 aromatic rings. The molecule has 4 nitrogen and oxygen atoms in total. The lowest BCUT2D eigenvalue weighted by atomic mass is 9.72. The first-order valence-electron chi connectivity index (χ1n) is 13.3. The summed E-state index contributed by atoms with van der Waals surface area (Å²) in [5, 5.41) is 10.4. The maximum absolute atomic E-state index is 10.4. The molecule has 2 unspecified atom stereocenters. The predicted molar refractivity (Wildman–Crippen MR) is 141 cm³/mol. The van der Waals surface area contributed by atoms with Gasteiger partial charge in [-0.25, -0.2) is 0 Å². The van der Waals surface area contributed by atoms with Crippen LogP contribution in [0.5, 0.6) is 11.5 Å². The van der Waals surface area contributed by atoms with Gasteiger partial charge in [-0.05, 0) is 47.6 Å². The van der Waals surface area contributed by atoms with Crippen LogP contribution >= 0.6 is 0 Å². The Hall–Kier alpha value is -3.29. The average Bonchev–Trinajstić information content (AvgIpc) is 3.24. The fraction of sp³-hybridized carbons (Fsp3) is 0.406. The second-order valence-electron chi connectivity index (χ2n) is 11.3. The number of hydrogen-bond donors (Lipinski definition) is 0. The summed E-state index contributed by atoms with van der Waals surface area (Å²) in [5.74, 6) is 4.31. The smallest absolute Gasteiger partial charge is 0.231 e. The molecule has 2 atom stereocenters. The van der Waals surface area contributed by atoms with Gasteiger partial charge in [0.25, 0.3) is 0 Å². The summed E-state index contributed by atoms with van der Waals surface area (Å²) in [6.07, 6.45) is 4.29. The van der Waals surface area contributed by atoms with E-state index in [1.54, 1.807) is 0 Å². The van der Waals surface area contributed by atoms with Gasteiger partial charge < -0.3 is 14.0 Å². The summed E-state index contributed by atoms with van der Waals surface area (Å²) < 4.78 is 12.2. The zero-order chi connectivity index (χ0) is 24.6. The molecule has 6 rings (SSSR count). The van der Waals surface area contributed by atoms with Crippen molar-refractivity contribution in [3.63, 3.8) is 0 Å². The van der Waals surface area contributed by atoms with Crippen molar-refractivity contribution in [2.45, 2.75) is 31.1 Å². The van der Waals surface area contributed by atoms with Gasteiger partial charge in [0.15, 0.2) is 11.5 Å². The average molecular weight is 480 g/mol. The van der Waals surface area contributed by atoms with E-state index in [4.69, 9.17) is 9.47 Å². The lowest BCUT2D eigenvalue weighted by molar-refractivity contribution is -0.903. The van der Waals surface area contributed by atoms with Crippen molar-refractivity contribution >= 4 is 0 Å². The van der Waals surface area contributed by atoms with Crippen LogP contribution in [0.15, 0.2) is 78.9 Å². The number of likely N-dealkylation sites (N-methyl/N-ethyl adjacent to an activating group) is 1. The highest BCUT2D eigenvalue weighted by Gasteiger charge is 2.61. The van der Waals surface area contributed by atoms with Crippen LogP contribution in [0.25, 0.3) is 0 Å². The first-order valence-corrected chi connectivity index (χ1v) is 13.3. The third-order valence-corrected chi connectivity index (χ3v) is 9.00. The van der Waals surface area contributed by atoms with E-state index in [0.29, 0.717) is 6.79 Å². The standard InChI is InChI=1S/C32H35N2O2/c1-34(18-16-24-14-15-30-31(19-24)36-23-35-30)20-28-27(29(28)21-34)13-8-17-32(22-33,25-9-4-2-5-10-25)26-11-6-3-7-12-26/h2-7,9-12,14-15,19,27-29H,8,13,16-18,20-21,23H2,1H3/q+1. The quantitative estimate of drug-likeness (QED) is 0.356. The van der Waals surface area contributed by atoms with Crippen molar-refractivity contribution in [2.75, 3.05) is 33.5 Å². The van der Waals surface area contributed by atoms with Crippen molar-refractivity contribution in [1.29, 1.82) is 5.26 Å². The first-order chi connectivity index (χ1) is 17.6. The number of ether oxygens (including phenoxy) is 2. The second kappa shape index (κ2) is 9.30. The van der Waals surface area contributed by atoms with E-state index in [-0.39, 0.29) is 0 Å². The van der Waals surface area contributed by atoms with Crippen molar-refractivity contribution < 1.29 is 14.0 Å². The van der Waals surface area contributed by atoms with Crippen LogP contribution in [0.4, 0.5) is 0 Å². The summed E-state index contributed by atoms with van der Waals surface area (Å²) in [5.41, 5.74) is 3.00. The molecular weight excluding hydrogens is 444 g/mol. The number of nitrogens with zero attached hydrogens (tertiary/aromatic N) is 2. The summed E-state index contributed by atoms with van der Waals surface area (Å²) in [4.78, 5) is 0. The van der Waals surface area contributed by atoms with E-state index >= 15 is 0 Å². The third kappa shape index (κ3) is 4.27. The van der Waals surface area contributed by atoms with Crippen molar-refractivity contribution in [2.24, 2.45) is 17.8 Å². The van der Waals surface area contributed by atoms with Crippen LogP contribution in [-0.2, 0) is 11.8 Å². The van der Waals surface area contributed by atoms with Crippen LogP contribution in [0, 0.1) is 29.1 Å². The number of piperidine rings is 1. The lowest BCUT2D eigenvalue weighted by Gasteiger charge is -2.32. The number of quaternary nitrogens is 1. The number of hydrogen-bond acceptors (Lipinski definition) is 3. The molecule has 3 aromatic carbocycles. The number of fused-ring (bicyclic) bond motifs is 2. The molecule has 36 heavy (non-hydrogen) atoms. The second-order valence-corrected chi connectivity index (χ2v) is 11.3. The van der Waals surface area contributed by atoms with Crippen molar-refractivity contribution in [3.05, 3.63) is 95.6 Å². The molecule has 2 aliphatic heterocycles. The predicted octanol–water partition coefficient (Wildman–Crippen LogP) is 5.96. The van der Waals surface area contributed by atoms with Gasteiger partial charge in [0, 0.05) is 18.3 Å². The summed E-state index contributed by atoms with van der Waals surface area (Å²) >= 11 is 0. The molecular formula is C32H35N2O2+. The van der Waals surface area contributed by atoms with Gasteiger partial charge in [0.1, 0.15) is 5.41 Å². The van der Waals surface area contributed by atoms with Crippen LogP contribution in [-0.4, -0.2) is 38.0 Å². The fourth-order valence-corrected chi connectivity index (χ4v) is 6.95. The van der Waals surface area contributed by atoms with E-state index < -0.39 is 5.41 Å². The third-order valence-electron chi connectivity index (χ3n) is 9.00. The Balaban J connectivity index is 1.04. The van der Waals surface area contributed by atoms with Gasteiger partial charge in [-0.2, -0.15) is 5.26 Å². The largest absolute Gasteiger partial charge is 0.454 e. The zero-order valence-electron chi connectivity index (χ0n) is 21.1. The maximum Gasteiger partial charge on any atom is 0.231 e. The van der Waals surface area contributed by atoms with E-state index in [2.05, 4.69) is 73.8 Å². The molecule has 1 saturated carbocycles. The van der Waals surface area contributed by atoms with Crippen molar-refractivity contribution in [3.8, 4) is 17.6 Å². The topological polar surface area (TPSA) is 42.2 Å². The van der Waals surface area contributed by atoms with Gasteiger partial charge in [-0.15, -0.1) is 0 Å². The SMILES string of the molecule is C[N+]1(CCc2ccc3c(c2)OCO3)CC2C(CCCC(C#N)(c3ccccc3)c3ccccc3)C2C1. The molecule has 4 heteroatoms. The van der Waals surface area contributed by atoms with Crippen molar-refractivity contribution in [1.82, 2.24) is 0 Å². The molecule has 0 spiro atoms. The minimum atomic E-state index is -0.568. The van der Waals surface area contributed by atoms with E-state index in [0.717, 1.165) is 59.6 Å². The molecule has 0 radical (unpaired) electrons. The van der Waals surface area contributed by atoms with E-state index in [1.807, 2.05) is 18.2 Å². The van der Waals surface area contributed by atoms with Crippen LogP contribution in [0.2, 0.25) is 0 Å². The minimum absolute atomic E-state index is 0.337. The molecule has 2 heterocycles. The molecule has 0 amide bonds. The molecule has 0 N–H and O–H groups in total. The molecule has 3 aliphatic rings. The van der Waals surface area contributed by atoms with Crippen LogP contribution in [0.1, 0.15) is 36.0 Å². The number of nitriles is 1. The number of likely N-dealkylation sites (tertiary alicyclic amines) is 1. The highest BCUT2D eigenvalue weighted by Crippen LogP contribution is 2.56. The van der Waals surface area contributed by atoms with Gasteiger partial charge in [-0.3, -0.25) is 0 Å². The molecule has 1 saturated heterocycles. The molecule has 2 fully saturated rings. The van der Waals surface area contributed by atoms with Gasteiger partial charge in [0.05, 0.1) is 32.8 Å². The molecule has 1 aliphatic carbocycles. The highest BCUT2D eigenvalue weighted by molar-refractivity contribution is 5.46. The number of benzene rings is 3. The van der Waals surface area contributed by atoms with Gasteiger partial charge >= 0.3 is 0 Å². The Kier molecular flexibility index (Phi) is 5.97. The minimum Gasteiger partial charge on any atom is -0.454 e. The molecule has 0 aromatic heterocycles. The van der Waals surface area contributed by atoms with Crippen LogP contribution < -0.4 is 9.47 Å². The zero-order valence-corrected chi connectivity index (χ0v) is 21.1. The lowest BCUT2D eigenvalue weighted by Crippen LogP contribution is -2.45. The number of rotatable bonds is 9. The van der Waals surface area contributed by atoms with Gasteiger partial charge in [0.2, 0.25) is 6.79 Å². The fourth-order valence-electron chi connectivity index (χ4n) is 6.95. The Morgan fingerprint density at radius 3 is 2.17 bits per heavy atom. The van der Waals surface area contributed by atoms with E-state index in [1.165, 1.54) is 36.1 Å². The molecule has 184 valence electrons. The van der Waals surface area contributed by atoms with E-state index in [9.17, 15) is 5.26 Å². The molecule has 0 bridgehead atoms. The van der Waals surface area contributed by atoms with Gasteiger partial charge in [-0.1, -0.05) is 73.2 Å². The van der Waals surface area contributed by atoms with Crippen LogP contribution in [0.3, 0.4) is 0 Å². The summed E-state index contributed by atoms with van der Waals surface area (Å²) in [7, 11) is 2.43. The first kappa shape index (κ1) is 23.1. The maximum atomic E-state index is 10.4. The Morgan fingerprint density at radius 1 is 0.889 bits per heavy atom. The normalized spacial score (nSPS) is 25.8. The summed E-state index contributed by atoms with van der Waals surface area (Å²) in [6.45, 7) is 4.10.